The molecule has 140 valence electrons. The van der Waals surface area contributed by atoms with E-state index in [1.165, 1.54) is 0 Å². The van der Waals surface area contributed by atoms with Crippen LogP contribution in [0.5, 0.6) is 0 Å². The quantitative estimate of drug-likeness (QED) is 0.536. The first-order valence-corrected chi connectivity index (χ1v) is 7.95. The number of alkyl halides is 3. The minimum Gasteiger partial charge on any atom is -0.450 e. The Morgan fingerprint density at radius 2 is 1.84 bits per heavy atom. The van der Waals surface area contributed by atoms with Crippen LogP contribution in [0, 0.1) is 0 Å². The fourth-order valence-corrected chi connectivity index (χ4v) is 1.85. The topological polar surface area (TPSA) is 64.6 Å². The van der Waals surface area contributed by atoms with Crippen LogP contribution in [0.25, 0.3) is 0 Å². The van der Waals surface area contributed by atoms with E-state index in [1.54, 1.807) is 6.92 Å². The molecule has 0 aliphatic rings. The van der Waals surface area contributed by atoms with Gasteiger partial charge in [-0.3, -0.25) is 4.79 Å². The minimum absolute atomic E-state index is 0.0786. The number of hydrogen-bond donors (Lipinski definition) is 1. The molecule has 8 heteroatoms. The van der Waals surface area contributed by atoms with Gasteiger partial charge in [0.2, 0.25) is 0 Å². The smallest absolute Gasteiger partial charge is 0.416 e. The zero-order chi connectivity index (χ0) is 18.9. The molecule has 0 saturated carbocycles. The number of Topliss-reactive ketones (excluding diaryl/α,β-unsaturated/α-hetero) is 1. The Bertz CT molecular complexity index is 558. The number of carbonyl (C=O) groups excluding carboxylic acids is 2. The largest absolute Gasteiger partial charge is 0.450 e. The molecule has 0 aliphatic carbocycles. The predicted molar refractivity (Wildman–Crippen MR) is 85.4 cm³/mol. The van der Waals surface area contributed by atoms with Gasteiger partial charge in [-0.15, -0.1) is 0 Å². The molecule has 0 aliphatic heterocycles. The van der Waals surface area contributed by atoms with Crippen molar-refractivity contribution >= 4 is 11.9 Å². The van der Waals surface area contributed by atoms with Crippen LogP contribution in [-0.4, -0.2) is 37.7 Å². The first-order chi connectivity index (χ1) is 11.7. The van der Waals surface area contributed by atoms with Crippen LogP contribution in [0.2, 0.25) is 0 Å². The second kappa shape index (κ2) is 10.0. The number of nitrogens with one attached hydrogen (secondary N) is 1. The summed E-state index contributed by atoms with van der Waals surface area (Å²) < 4.78 is 47.5. The van der Waals surface area contributed by atoms with Crippen molar-refractivity contribution in [2.24, 2.45) is 0 Å². The Morgan fingerprint density at radius 3 is 2.40 bits per heavy atom. The molecule has 0 fully saturated rings. The second-order valence-electron chi connectivity index (χ2n) is 5.55. The fourth-order valence-electron chi connectivity index (χ4n) is 1.85. The summed E-state index contributed by atoms with van der Waals surface area (Å²) in [5.74, 6) is -0.438. The van der Waals surface area contributed by atoms with Gasteiger partial charge in [-0.2, -0.15) is 13.2 Å². The van der Waals surface area contributed by atoms with E-state index < -0.39 is 23.6 Å². The van der Waals surface area contributed by atoms with Crippen LogP contribution in [0.1, 0.15) is 42.6 Å². The number of carbonyl (C=O) groups is 2. The van der Waals surface area contributed by atoms with E-state index >= 15 is 0 Å². The molecule has 0 aromatic heterocycles. The van der Waals surface area contributed by atoms with Crippen molar-refractivity contribution in [1.29, 1.82) is 0 Å². The molecule has 5 nitrogen and oxygen atoms in total. The van der Waals surface area contributed by atoms with Gasteiger partial charge in [-0.1, -0.05) is 25.5 Å². The maximum Gasteiger partial charge on any atom is 0.416 e. The van der Waals surface area contributed by atoms with Crippen molar-refractivity contribution < 1.29 is 32.2 Å². The molecule has 0 saturated heterocycles. The maximum absolute atomic E-state index is 12.5. The van der Waals surface area contributed by atoms with E-state index in [4.69, 9.17) is 9.47 Å². The Balaban J connectivity index is 2.33. The van der Waals surface area contributed by atoms with E-state index in [1.807, 2.05) is 6.92 Å². The van der Waals surface area contributed by atoms with Crippen LogP contribution >= 0.6 is 0 Å². The molecule has 0 heterocycles. The van der Waals surface area contributed by atoms with Crippen molar-refractivity contribution in [3.05, 3.63) is 35.4 Å². The zero-order valence-corrected chi connectivity index (χ0v) is 14.2. The van der Waals surface area contributed by atoms with E-state index in [0.29, 0.717) is 6.61 Å². The number of rotatable bonds is 9. The molecular formula is C17H22F3NO4. The van der Waals surface area contributed by atoms with Crippen LogP contribution < -0.4 is 5.32 Å². The molecular weight excluding hydrogens is 339 g/mol. The number of amides is 1. The molecule has 1 atom stereocenters. The number of hydrogen-bond acceptors (Lipinski definition) is 4. The lowest BCUT2D eigenvalue weighted by molar-refractivity contribution is -0.137. The molecule has 1 unspecified atom stereocenters. The highest BCUT2D eigenvalue weighted by Gasteiger charge is 2.30. The van der Waals surface area contributed by atoms with Gasteiger partial charge in [0.25, 0.3) is 0 Å². The highest BCUT2D eigenvalue weighted by Crippen LogP contribution is 2.29. The van der Waals surface area contributed by atoms with Crippen molar-refractivity contribution in [1.82, 2.24) is 5.32 Å². The van der Waals surface area contributed by atoms with Gasteiger partial charge in [0.1, 0.15) is 6.61 Å². The molecule has 1 amide bonds. The van der Waals surface area contributed by atoms with Crippen LogP contribution in [0.3, 0.4) is 0 Å². The lowest BCUT2D eigenvalue weighted by Crippen LogP contribution is -2.36. The predicted octanol–water partition coefficient (Wildman–Crippen LogP) is 3.82. The van der Waals surface area contributed by atoms with E-state index in [2.05, 4.69) is 5.32 Å². The Labute approximate surface area is 144 Å². The Kier molecular flexibility index (Phi) is 8.40. The number of ether oxygens (including phenoxy) is 2. The van der Waals surface area contributed by atoms with Gasteiger partial charge in [0.15, 0.2) is 5.78 Å². The van der Waals surface area contributed by atoms with Crippen LogP contribution in [0.4, 0.5) is 18.0 Å². The molecule has 0 bridgehead atoms. The van der Waals surface area contributed by atoms with Crippen LogP contribution in [-0.2, 0) is 15.7 Å². The number of unbranched alkanes of at least 4 members (excludes halogenated alkanes) is 1. The standard InChI is InChI=1S/C17H22F3NO4/c1-3-4-9-25-16(23)21-12(2)10-24-11-15(22)13-5-7-14(8-6-13)17(18,19)20/h5-8,12H,3-4,9-11H2,1-2H3,(H,21,23). The van der Waals surface area contributed by atoms with Gasteiger partial charge in [0, 0.05) is 5.56 Å². The number of alkyl carbamates (subject to hydrolysis) is 1. The first-order valence-electron chi connectivity index (χ1n) is 7.95. The fraction of sp³-hybridized carbons (Fsp3) is 0.529. The third kappa shape index (κ3) is 8.02. The average molecular weight is 361 g/mol. The average Bonchev–Trinajstić information content (AvgIpc) is 2.54. The summed E-state index contributed by atoms with van der Waals surface area (Å²) in [4.78, 5) is 23.3. The monoisotopic (exact) mass is 361 g/mol. The highest BCUT2D eigenvalue weighted by molar-refractivity contribution is 5.97. The highest BCUT2D eigenvalue weighted by atomic mass is 19.4. The van der Waals surface area contributed by atoms with Crippen molar-refractivity contribution in [3.63, 3.8) is 0 Å². The van der Waals surface area contributed by atoms with E-state index in [-0.39, 0.29) is 24.8 Å². The molecule has 25 heavy (non-hydrogen) atoms. The number of halogens is 3. The molecule has 1 N–H and O–H groups in total. The maximum atomic E-state index is 12.5. The SMILES string of the molecule is CCCCOC(=O)NC(C)COCC(=O)c1ccc(C(F)(F)F)cc1. The van der Waals surface area contributed by atoms with Gasteiger partial charge in [-0.25, -0.2) is 4.79 Å². The lowest BCUT2D eigenvalue weighted by Gasteiger charge is -2.14. The van der Waals surface area contributed by atoms with Gasteiger partial charge in [0.05, 0.1) is 24.8 Å². The van der Waals surface area contributed by atoms with Gasteiger partial charge < -0.3 is 14.8 Å². The summed E-state index contributed by atoms with van der Waals surface area (Å²) in [6.45, 7) is 3.79. The number of ketones is 1. The van der Waals surface area contributed by atoms with Crippen molar-refractivity contribution in [2.75, 3.05) is 19.8 Å². The third-order valence-corrected chi connectivity index (χ3v) is 3.23. The van der Waals surface area contributed by atoms with E-state index in [0.717, 1.165) is 37.1 Å². The molecule has 1 rings (SSSR count). The van der Waals surface area contributed by atoms with Crippen LogP contribution in [0.15, 0.2) is 24.3 Å². The summed E-state index contributed by atoms with van der Waals surface area (Å²) >= 11 is 0. The Morgan fingerprint density at radius 1 is 1.20 bits per heavy atom. The normalized spacial score (nSPS) is 12.5. The summed E-state index contributed by atoms with van der Waals surface area (Å²) in [5.41, 5.74) is -0.683. The molecule has 0 spiro atoms. The summed E-state index contributed by atoms with van der Waals surface area (Å²) in [5, 5.41) is 2.55. The molecule has 0 radical (unpaired) electrons. The zero-order valence-electron chi connectivity index (χ0n) is 14.2. The summed E-state index contributed by atoms with van der Waals surface area (Å²) in [6.07, 6.45) is -3.30. The molecule has 1 aromatic carbocycles. The minimum atomic E-state index is -4.44. The van der Waals surface area contributed by atoms with E-state index in [9.17, 15) is 22.8 Å². The first kappa shape index (κ1) is 21.0. The summed E-state index contributed by atoms with van der Waals surface area (Å²) in [7, 11) is 0. The number of benzene rings is 1. The van der Waals surface area contributed by atoms with Crippen molar-refractivity contribution in [2.45, 2.75) is 38.9 Å². The second-order valence-corrected chi connectivity index (χ2v) is 5.55. The Hall–Kier alpha value is -2.09. The third-order valence-electron chi connectivity index (χ3n) is 3.23. The van der Waals surface area contributed by atoms with Gasteiger partial charge in [-0.05, 0) is 25.5 Å². The molecule has 1 aromatic rings. The van der Waals surface area contributed by atoms with Crippen molar-refractivity contribution in [3.8, 4) is 0 Å². The van der Waals surface area contributed by atoms with Gasteiger partial charge >= 0.3 is 12.3 Å². The summed E-state index contributed by atoms with van der Waals surface area (Å²) in [6, 6.07) is 3.56. The lowest BCUT2D eigenvalue weighted by atomic mass is 10.1.